The third-order valence-corrected chi connectivity index (χ3v) is 2.24. The number of imidazole rings is 1. The fourth-order valence-corrected chi connectivity index (χ4v) is 1.53. The molecule has 2 nitrogen and oxygen atoms in total. The van der Waals surface area contributed by atoms with Crippen LogP contribution in [0, 0.1) is 0 Å². The third-order valence-electron chi connectivity index (χ3n) is 1.94. The molecule has 0 spiro atoms. The number of aromatic nitrogens is 2. The molecule has 0 unspecified atom stereocenters. The van der Waals surface area contributed by atoms with Gasteiger partial charge in [-0.25, -0.2) is 4.98 Å². The van der Waals surface area contributed by atoms with Crippen LogP contribution in [0.3, 0.4) is 0 Å². The van der Waals surface area contributed by atoms with Crippen LogP contribution in [0.25, 0.3) is 5.52 Å². The standard InChI is InChI=1S/C9H9ClN2/c1-2-7-3-8(10)9-4-11-6-12(9)5-7/h3-6H,2H2,1H3. The molecular formula is C9H9ClN2. The Balaban J connectivity index is 2.75. The van der Waals surface area contributed by atoms with Gasteiger partial charge in [-0.1, -0.05) is 18.5 Å². The van der Waals surface area contributed by atoms with Gasteiger partial charge in [0.1, 0.15) is 0 Å². The molecule has 2 rings (SSSR count). The first kappa shape index (κ1) is 7.62. The summed E-state index contributed by atoms with van der Waals surface area (Å²) < 4.78 is 1.95. The summed E-state index contributed by atoms with van der Waals surface area (Å²) in [7, 11) is 0. The van der Waals surface area contributed by atoms with Crippen LogP contribution < -0.4 is 0 Å². The maximum absolute atomic E-state index is 6.02. The van der Waals surface area contributed by atoms with E-state index in [9.17, 15) is 0 Å². The van der Waals surface area contributed by atoms with Crippen molar-refractivity contribution < 1.29 is 0 Å². The predicted molar refractivity (Wildman–Crippen MR) is 49.6 cm³/mol. The van der Waals surface area contributed by atoms with Crippen LogP contribution in [0.15, 0.2) is 24.8 Å². The van der Waals surface area contributed by atoms with Gasteiger partial charge in [-0.3, -0.25) is 0 Å². The van der Waals surface area contributed by atoms with E-state index in [2.05, 4.69) is 11.9 Å². The molecule has 62 valence electrons. The van der Waals surface area contributed by atoms with Gasteiger partial charge < -0.3 is 4.40 Å². The Labute approximate surface area is 75.8 Å². The van der Waals surface area contributed by atoms with E-state index in [-0.39, 0.29) is 0 Å². The topological polar surface area (TPSA) is 17.3 Å². The van der Waals surface area contributed by atoms with Gasteiger partial charge in [0.2, 0.25) is 0 Å². The molecule has 0 N–H and O–H groups in total. The third kappa shape index (κ3) is 1.08. The Kier molecular flexibility index (Phi) is 1.77. The Morgan fingerprint density at radius 3 is 3.17 bits per heavy atom. The fraction of sp³-hybridized carbons (Fsp3) is 0.222. The summed E-state index contributed by atoms with van der Waals surface area (Å²) in [5, 5.41) is 0.770. The SMILES string of the molecule is CCc1cc(Cl)c2cncn2c1. The first-order valence-corrected chi connectivity index (χ1v) is 4.29. The molecule has 0 amide bonds. The van der Waals surface area contributed by atoms with Gasteiger partial charge in [-0.05, 0) is 18.1 Å². The summed E-state index contributed by atoms with van der Waals surface area (Å²) in [6.07, 6.45) is 6.57. The van der Waals surface area contributed by atoms with Gasteiger partial charge in [0.15, 0.2) is 0 Å². The second-order valence-electron chi connectivity index (χ2n) is 2.74. The van der Waals surface area contributed by atoms with Crippen molar-refractivity contribution in [2.75, 3.05) is 0 Å². The molecule has 0 aromatic carbocycles. The van der Waals surface area contributed by atoms with E-state index in [0.717, 1.165) is 17.0 Å². The number of rotatable bonds is 1. The van der Waals surface area contributed by atoms with E-state index in [1.165, 1.54) is 5.56 Å². The Bertz CT molecular complexity index is 406. The van der Waals surface area contributed by atoms with E-state index in [4.69, 9.17) is 11.6 Å². The van der Waals surface area contributed by atoms with Gasteiger partial charge in [0.05, 0.1) is 23.1 Å². The van der Waals surface area contributed by atoms with E-state index in [1.54, 1.807) is 12.5 Å². The fourth-order valence-electron chi connectivity index (χ4n) is 1.24. The summed E-state index contributed by atoms with van der Waals surface area (Å²) in [4.78, 5) is 4.02. The Morgan fingerprint density at radius 1 is 1.58 bits per heavy atom. The summed E-state index contributed by atoms with van der Waals surface area (Å²) in [6.45, 7) is 2.11. The highest BCUT2D eigenvalue weighted by Crippen LogP contribution is 2.18. The monoisotopic (exact) mass is 180 g/mol. The predicted octanol–water partition coefficient (Wildman–Crippen LogP) is 2.55. The summed E-state index contributed by atoms with van der Waals surface area (Å²) in [6, 6.07) is 1.98. The zero-order valence-corrected chi connectivity index (χ0v) is 7.54. The summed E-state index contributed by atoms with van der Waals surface area (Å²) in [5.41, 5.74) is 2.19. The molecule has 0 aliphatic rings. The first-order valence-electron chi connectivity index (χ1n) is 3.91. The first-order chi connectivity index (χ1) is 5.81. The lowest BCUT2D eigenvalue weighted by Gasteiger charge is -2.00. The van der Waals surface area contributed by atoms with E-state index >= 15 is 0 Å². The molecule has 2 aromatic heterocycles. The van der Waals surface area contributed by atoms with Crippen molar-refractivity contribution in [1.29, 1.82) is 0 Å². The van der Waals surface area contributed by atoms with Crippen molar-refractivity contribution in [1.82, 2.24) is 9.38 Å². The van der Waals surface area contributed by atoms with Crippen LogP contribution in [-0.4, -0.2) is 9.38 Å². The quantitative estimate of drug-likeness (QED) is 0.660. The second-order valence-corrected chi connectivity index (χ2v) is 3.14. The zero-order chi connectivity index (χ0) is 8.55. The minimum Gasteiger partial charge on any atom is -0.305 e. The molecule has 12 heavy (non-hydrogen) atoms. The molecule has 0 aliphatic carbocycles. The summed E-state index contributed by atoms with van der Waals surface area (Å²) in [5.74, 6) is 0. The van der Waals surface area contributed by atoms with Crippen molar-refractivity contribution in [2.45, 2.75) is 13.3 Å². The lowest BCUT2D eigenvalue weighted by atomic mass is 10.2. The van der Waals surface area contributed by atoms with Crippen molar-refractivity contribution in [3.8, 4) is 0 Å². The highest BCUT2D eigenvalue weighted by Gasteiger charge is 2.00. The van der Waals surface area contributed by atoms with Crippen LogP contribution in [0.5, 0.6) is 0 Å². The largest absolute Gasteiger partial charge is 0.305 e. The lowest BCUT2D eigenvalue weighted by Crippen LogP contribution is -1.87. The van der Waals surface area contributed by atoms with Crippen LogP contribution in [0.1, 0.15) is 12.5 Å². The van der Waals surface area contributed by atoms with Crippen molar-refractivity contribution in [2.24, 2.45) is 0 Å². The number of nitrogens with zero attached hydrogens (tertiary/aromatic N) is 2. The molecule has 0 aliphatic heterocycles. The molecule has 0 saturated heterocycles. The van der Waals surface area contributed by atoms with E-state index in [1.807, 2.05) is 16.7 Å². The normalized spacial score (nSPS) is 10.8. The number of halogens is 1. The second kappa shape index (κ2) is 2.79. The Morgan fingerprint density at radius 2 is 2.42 bits per heavy atom. The molecular weight excluding hydrogens is 172 g/mol. The smallest absolute Gasteiger partial charge is 0.0992 e. The average molecular weight is 181 g/mol. The van der Waals surface area contributed by atoms with Crippen molar-refractivity contribution in [3.05, 3.63) is 35.4 Å². The highest BCUT2D eigenvalue weighted by atomic mass is 35.5. The minimum atomic E-state index is 0.770. The van der Waals surface area contributed by atoms with Crippen LogP contribution in [0.2, 0.25) is 5.02 Å². The Hall–Kier alpha value is -1.02. The van der Waals surface area contributed by atoms with Crippen molar-refractivity contribution in [3.63, 3.8) is 0 Å². The lowest BCUT2D eigenvalue weighted by molar-refractivity contribution is 1.06. The van der Waals surface area contributed by atoms with E-state index < -0.39 is 0 Å². The number of pyridine rings is 1. The summed E-state index contributed by atoms with van der Waals surface area (Å²) >= 11 is 6.02. The molecule has 2 heterocycles. The molecule has 0 fully saturated rings. The van der Waals surface area contributed by atoms with Gasteiger partial charge in [0.25, 0.3) is 0 Å². The van der Waals surface area contributed by atoms with E-state index in [0.29, 0.717) is 0 Å². The van der Waals surface area contributed by atoms with Crippen LogP contribution >= 0.6 is 11.6 Å². The number of fused-ring (bicyclic) bond motifs is 1. The van der Waals surface area contributed by atoms with Gasteiger partial charge in [0, 0.05) is 6.20 Å². The van der Waals surface area contributed by atoms with Gasteiger partial charge in [-0.2, -0.15) is 0 Å². The van der Waals surface area contributed by atoms with Gasteiger partial charge in [-0.15, -0.1) is 0 Å². The minimum absolute atomic E-state index is 0.770. The number of aryl methyl sites for hydroxylation is 1. The molecule has 2 aromatic rings. The molecule has 3 heteroatoms. The molecule has 0 radical (unpaired) electrons. The molecule has 0 atom stereocenters. The molecule has 0 saturated carbocycles. The highest BCUT2D eigenvalue weighted by molar-refractivity contribution is 6.33. The maximum atomic E-state index is 6.02. The van der Waals surface area contributed by atoms with Crippen LogP contribution in [0.4, 0.5) is 0 Å². The molecule has 0 bridgehead atoms. The maximum Gasteiger partial charge on any atom is 0.0992 e. The average Bonchev–Trinajstić information content (AvgIpc) is 2.52. The zero-order valence-electron chi connectivity index (χ0n) is 6.79. The van der Waals surface area contributed by atoms with Crippen molar-refractivity contribution >= 4 is 17.1 Å². The van der Waals surface area contributed by atoms with Crippen LogP contribution in [-0.2, 0) is 6.42 Å². The number of hydrogen-bond donors (Lipinski definition) is 0. The number of hydrogen-bond acceptors (Lipinski definition) is 1. The van der Waals surface area contributed by atoms with Gasteiger partial charge >= 0.3 is 0 Å².